The molecule has 4 rings (SSSR count). The van der Waals surface area contributed by atoms with E-state index in [0.717, 1.165) is 18.7 Å². The molecule has 1 aromatic carbocycles. The predicted octanol–water partition coefficient (Wildman–Crippen LogP) is 4.89. The van der Waals surface area contributed by atoms with Gasteiger partial charge in [-0.1, -0.05) is 12.1 Å². The third-order valence-electron chi connectivity index (χ3n) is 7.12. The van der Waals surface area contributed by atoms with E-state index < -0.39 is 11.2 Å². The Bertz CT molecular complexity index is 915. The highest BCUT2D eigenvalue weighted by molar-refractivity contribution is 5.71. The Hall–Kier alpha value is -2.48. The van der Waals surface area contributed by atoms with E-state index in [1.807, 2.05) is 41.5 Å². The van der Waals surface area contributed by atoms with Gasteiger partial charge >= 0.3 is 12.2 Å². The first-order chi connectivity index (χ1) is 16.9. The molecule has 0 spiro atoms. The molecule has 3 aliphatic rings. The first-order valence-electron chi connectivity index (χ1n) is 13.5. The lowest BCUT2D eigenvalue weighted by atomic mass is 10.0. The summed E-state index contributed by atoms with van der Waals surface area (Å²) in [6, 6.07) is 8.85. The van der Waals surface area contributed by atoms with Crippen LogP contribution in [-0.4, -0.2) is 89.9 Å². The third kappa shape index (κ3) is 6.64. The number of hydrogen-bond donors (Lipinski definition) is 0. The molecule has 8 nitrogen and oxygen atoms in total. The Morgan fingerprint density at radius 2 is 1.39 bits per heavy atom. The van der Waals surface area contributed by atoms with Gasteiger partial charge in [-0.05, 0) is 91.6 Å². The van der Waals surface area contributed by atoms with Crippen molar-refractivity contribution < 1.29 is 19.1 Å². The summed E-state index contributed by atoms with van der Waals surface area (Å²) in [6.07, 6.45) is 3.15. The van der Waals surface area contributed by atoms with E-state index in [1.165, 1.54) is 38.0 Å². The molecule has 36 heavy (non-hydrogen) atoms. The predicted molar refractivity (Wildman–Crippen MR) is 141 cm³/mol. The average Bonchev–Trinajstić information content (AvgIpc) is 3.48. The van der Waals surface area contributed by atoms with E-state index in [9.17, 15) is 9.59 Å². The summed E-state index contributed by atoms with van der Waals surface area (Å²) in [4.78, 5) is 34.5. The summed E-state index contributed by atoms with van der Waals surface area (Å²) < 4.78 is 11.3. The second kappa shape index (κ2) is 10.5. The minimum atomic E-state index is -0.588. The molecule has 1 aromatic rings. The van der Waals surface area contributed by atoms with Crippen LogP contribution in [0.3, 0.4) is 0 Å². The van der Waals surface area contributed by atoms with Gasteiger partial charge in [0, 0.05) is 44.5 Å². The highest BCUT2D eigenvalue weighted by atomic mass is 16.6. The highest BCUT2D eigenvalue weighted by Crippen LogP contribution is 2.31. The van der Waals surface area contributed by atoms with Gasteiger partial charge in [0.2, 0.25) is 0 Å². The third-order valence-corrected chi connectivity index (χ3v) is 7.12. The molecule has 0 aliphatic carbocycles. The van der Waals surface area contributed by atoms with E-state index in [1.54, 1.807) is 9.80 Å². The Balaban J connectivity index is 1.49. The molecule has 3 heterocycles. The van der Waals surface area contributed by atoms with Crippen molar-refractivity contribution in [2.75, 3.05) is 50.7 Å². The van der Waals surface area contributed by atoms with Crippen LogP contribution in [0.1, 0.15) is 72.4 Å². The number of nitrogens with zero attached hydrogens (tertiary/aromatic N) is 4. The van der Waals surface area contributed by atoms with Crippen molar-refractivity contribution in [2.24, 2.45) is 0 Å². The summed E-state index contributed by atoms with van der Waals surface area (Å²) in [5.74, 6) is 0. The van der Waals surface area contributed by atoms with Crippen LogP contribution in [0.15, 0.2) is 24.3 Å². The number of likely N-dealkylation sites (tertiary alicyclic amines) is 1. The summed E-state index contributed by atoms with van der Waals surface area (Å²) in [7, 11) is 0. The van der Waals surface area contributed by atoms with E-state index >= 15 is 0 Å². The first-order valence-corrected chi connectivity index (χ1v) is 13.5. The van der Waals surface area contributed by atoms with Crippen molar-refractivity contribution in [1.29, 1.82) is 0 Å². The molecule has 0 unspecified atom stereocenters. The Morgan fingerprint density at radius 3 is 2.00 bits per heavy atom. The average molecular weight is 501 g/mol. The Kier molecular flexibility index (Phi) is 7.74. The van der Waals surface area contributed by atoms with E-state index in [4.69, 9.17) is 9.47 Å². The van der Waals surface area contributed by atoms with Crippen LogP contribution < -0.4 is 4.90 Å². The van der Waals surface area contributed by atoms with Gasteiger partial charge in [-0.25, -0.2) is 9.59 Å². The maximum absolute atomic E-state index is 13.1. The maximum atomic E-state index is 13.1. The fraction of sp³-hybridized carbons (Fsp3) is 0.714. The monoisotopic (exact) mass is 500 g/mol. The lowest BCUT2D eigenvalue weighted by molar-refractivity contribution is -0.0152. The lowest BCUT2D eigenvalue weighted by Crippen LogP contribution is -2.54. The van der Waals surface area contributed by atoms with Gasteiger partial charge in [0.15, 0.2) is 0 Å². The van der Waals surface area contributed by atoms with Gasteiger partial charge in [-0.3, -0.25) is 9.80 Å². The maximum Gasteiger partial charge on any atom is 0.410 e. The number of amides is 2. The molecule has 2 amide bonds. The Morgan fingerprint density at radius 1 is 0.778 bits per heavy atom. The van der Waals surface area contributed by atoms with Crippen molar-refractivity contribution in [2.45, 2.75) is 84.1 Å². The number of rotatable bonds is 3. The molecule has 0 radical (unpaired) electrons. The van der Waals surface area contributed by atoms with Gasteiger partial charge in [0.1, 0.15) is 11.2 Å². The number of ether oxygens (including phenoxy) is 2. The zero-order valence-electron chi connectivity index (χ0n) is 23.0. The molecule has 0 saturated carbocycles. The van der Waals surface area contributed by atoms with Crippen LogP contribution in [0.2, 0.25) is 0 Å². The first kappa shape index (κ1) is 26.6. The zero-order valence-corrected chi connectivity index (χ0v) is 23.0. The van der Waals surface area contributed by atoms with Crippen LogP contribution in [0.5, 0.6) is 0 Å². The standard InChI is InChI=1S/C28H44N4O4/c1-27(2,3)35-25(33)31-17-18-32(26(34)36-28(4,5)6)24(20-31)21-9-11-22(12-10-21)30-16-13-23(19-30)29-14-7-8-15-29/h9-12,23-24H,7-8,13-20H2,1-6H3/t23-,24+/m0/s1. The van der Waals surface area contributed by atoms with E-state index in [0.29, 0.717) is 25.7 Å². The van der Waals surface area contributed by atoms with E-state index in [2.05, 4.69) is 34.1 Å². The molecule has 3 aliphatic heterocycles. The second-order valence-electron chi connectivity index (χ2n) is 12.3. The number of piperazine rings is 1. The van der Waals surface area contributed by atoms with Crippen molar-refractivity contribution in [1.82, 2.24) is 14.7 Å². The SMILES string of the molecule is CC(C)(C)OC(=O)N1CCN(C(=O)OC(C)(C)C)[C@@H](c2ccc(N3CC[C@H](N4CCCC4)C3)cc2)C1. The molecule has 2 atom stereocenters. The van der Waals surface area contributed by atoms with Gasteiger partial charge in [-0.2, -0.15) is 0 Å². The van der Waals surface area contributed by atoms with Gasteiger partial charge in [-0.15, -0.1) is 0 Å². The van der Waals surface area contributed by atoms with Crippen LogP contribution in [0.25, 0.3) is 0 Å². The molecular formula is C28H44N4O4. The summed E-state index contributed by atoms with van der Waals surface area (Å²) in [6.45, 7) is 17.0. The molecule has 0 bridgehead atoms. The number of carbonyl (C=O) groups is 2. The van der Waals surface area contributed by atoms with E-state index in [-0.39, 0.29) is 18.2 Å². The lowest BCUT2D eigenvalue weighted by Gasteiger charge is -2.42. The number of carbonyl (C=O) groups excluding carboxylic acids is 2. The minimum absolute atomic E-state index is 0.300. The summed E-state index contributed by atoms with van der Waals surface area (Å²) >= 11 is 0. The molecule has 3 saturated heterocycles. The quantitative estimate of drug-likeness (QED) is 0.589. The molecule has 0 aromatic heterocycles. The van der Waals surface area contributed by atoms with Crippen LogP contribution >= 0.6 is 0 Å². The summed E-state index contributed by atoms with van der Waals surface area (Å²) in [5, 5.41) is 0. The second-order valence-corrected chi connectivity index (χ2v) is 12.3. The van der Waals surface area contributed by atoms with Crippen molar-refractivity contribution in [3.05, 3.63) is 29.8 Å². The Labute approximate surface area is 216 Å². The van der Waals surface area contributed by atoms with Gasteiger partial charge < -0.3 is 19.3 Å². The van der Waals surface area contributed by atoms with Crippen molar-refractivity contribution in [3.8, 4) is 0 Å². The van der Waals surface area contributed by atoms with Gasteiger partial charge in [0.05, 0.1) is 6.04 Å². The number of hydrogen-bond acceptors (Lipinski definition) is 6. The number of benzene rings is 1. The fourth-order valence-corrected chi connectivity index (χ4v) is 5.39. The topological polar surface area (TPSA) is 65.6 Å². The van der Waals surface area contributed by atoms with Gasteiger partial charge in [0.25, 0.3) is 0 Å². The van der Waals surface area contributed by atoms with Crippen LogP contribution in [-0.2, 0) is 9.47 Å². The van der Waals surface area contributed by atoms with Crippen LogP contribution in [0.4, 0.5) is 15.3 Å². The zero-order chi connectivity index (χ0) is 26.1. The highest BCUT2D eigenvalue weighted by Gasteiger charge is 2.37. The normalized spacial score (nSPS) is 23.8. The minimum Gasteiger partial charge on any atom is -0.444 e. The van der Waals surface area contributed by atoms with Crippen molar-refractivity contribution >= 4 is 17.9 Å². The number of anilines is 1. The summed E-state index contributed by atoms with van der Waals surface area (Å²) in [5.41, 5.74) is 1.05. The fourth-order valence-electron chi connectivity index (χ4n) is 5.39. The molecular weight excluding hydrogens is 456 g/mol. The smallest absolute Gasteiger partial charge is 0.410 e. The van der Waals surface area contributed by atoms with Crippen molar-refractivity contribution in [3.63, 3.8) is 0 Å². The largest absolute Gasteiger partial charge is 0.444 e. The molecule has 3 fully saturated rings. The molecule has 8 heteroatoms. The molecule has 0 N–H and O–H groups in total. The van der Waals surface area contributed by atoms with Crippen LogP contribution in [0, 0.1) is 0 Å². The molecule has 200 valence electrons.